The number of nitrogens with two attached hydrogens (primary N) is 1. The average Bonchev–Trinajstić information content (AvgIpc) is 1.80. The van der Waals surface area contributed by atoms with Crippen LogP contribution in [-0.2, 0) is 0 Å². The normalized spacial score (nSPS) is 15.0. The molecule has 2 N–H and O–H groups in total. The standard InChI is InChI=1S/C8H17NS/c1-5-6-8(7-9)10(2,3)4/h5-6H,1,7,9H2,2-4H3/b8-6+. The van der Waals surface area contributed by atoms with Gasteiger partial charge >= 0.3 is 0 Å². The van der Waals surface area contributed by atoms with Gasteiger partial charge in [0.1, 0.15) is 0 Å². The summed E-state index contributed by atoms with van der Waals surface area (Å²) in [5.41, 5.74) is 5.55. The largest absolute Gasteiger partial charge is 0.326 e. The predicted molar refractivity (Wildman–Crippen MR) is 52.7 cm³/mol. The van der Waals surface area contributed by atoms with Crippen LogP contribution in [0, 0.1) is 0 Å². The van der Waals surface area contributed by atoms with Crippen molar-refractivity contribution in [2.45, 2.75) is 0 Å². The Bertz CT molecular complexity index is 142. The Morgan fingerprint density at radius 1 is 1.50 bits per heavy atom. The molecule has 1 nitrogen and oxygen atoms in total. The lowest BCUT2D eigenvalue weighted by Crippen LogP contribution is -2.08. The van der Waals surface area contributed by atoms with Crippen molar-refractivity contribution in [1.82, 2.24) is 0 Å². The molecule has 0 amide bonds. The molecule has 0 saturated heterocycles. The fourth-order valence-corrected chi connectivity index (χ4v) is 1.66. The summed E-state index contributed by atoms with van der Waals surface area (Å²) >= 11 is 0. The van der Waals surface area contributed by atoms with Gasteiger partial charge in [-0.25, -0.2) is 10.0 Å². The van der Waals surface area contributed by atoms with Crippen LogP contribution in [0.2, 0.25) is 0 Å². The Hall–Kier alpha value is -0.210. The second-order valence-electron chi connectivity index (χ2n) is 2.91. The van der Waals surface area contributed by atoms with Gasteiger partial charge in [-0.1, -0.05) is 18.7 Å². The second-order valence-corrected chi connectivity index (χ2v) is 7.11. The summed E-state index contributed by atoms with van der Waals surface area (Å²) in [4.78, 5) is 1.32. The maximum absolute atomic E-state index is 5.55. The van der Waals surface area contributed by atoms with Crippen molar-refractivity contribution in [3.8, 4) is 0 Å². The molecule has 0 aliphatic heterocycles. The van der Waals surface area contributed by atoms with Crippen LogP contribution in [0.15, 0.2) is 23.6 Å². The van der Waals surface area contributed by atoms with Gasteiger partial charge < -0.3 is 5.73 Å². The van der Waals surface area contributed by atoms with E-state index in [0.717, 1.165) is 0 Å². The molecule has 0 spiro atoms. The zero-order valence-corrected chi connectivity index (χ0v) is 7.87. The third-order valence-electron chi connectivity index (χ3n) is 1.29. The number of rotatable bonds is 3. The molecule has 0 aromatic carbocycles. The Morgan fingerprint density at radius 2 is 2.00 bits per heavy atom. The highest BCUT2D eigenvalue weighted by Crippen LogP contribution is 2.43. The van der Waals surface area contributed by atoms with Gasteiger partial charge in [0.15, 0.2) is 0 Å². The number of allylic oxidation sites excluding steroid dienone is 2. The second kappa shape index (κ2) is 3.84. The highest BCUT2D eigenvalue weighted by Gasteiger charge is 2.07. The Kier molecular flexibility index (Phi) is 3.76. The lowest BCUT2D eigenvalue weighted by molar-refractivity contribution is 1.23. The first-order valence-electron chi connectivity index (χ1n) is 3.22. The van der Waals surface area contributed by atoms with Gasteiger partial charge in [-0.05, 0) is 23.7 Å². The molecule has 0 heterocycles. The van der Waals surface area contributed by atoms with Gasteiger partial charge in [0.05, 0.1) is 0 Å². The van der Waals surface area contributed by atoms with Crippen molar-refractivity contribution in [1.29, 1.82) is 0 Å². The maximum Gasteiger partial charge on any atom is 0.0223 e. The third kappa shape index (κ3) is 3.08. The van der Waals surface area contributed by atoms with E-state index in [1.54, 1.807) is 6.08 Å². The van der Waals surface area contributed by atoms with Crippen LogP contribution < -0.4 is 5.73 Å². The summed E-state index contributed by atoms with van der Waals surface area (Å²) in [7, 11) is -0.612. The average molecular weight is 159 g/mol. The minimum atomic E-state index is -0.612. The minimum absolute atomic E-state index is 0.612. The molecular formula is C8H17NS. The van der Waals surface area contributed by atoms with E-state index < -0.39 is 10.0 Å². The van der Waals surface area contributed by atoms with Crippen LogP contribution in [0.3, 0.4) is 0 Å². The molecule has 0 fully saturated rings. The fourth-order valence-electron chi connectivity index (χ4n) is 0.654. The van der Waals surface area contributed by atoms with Crippen LogP contribution >= 0.6 is 10.0 Å². The summed E-state index contributed by atoms with van der Waals surface area (Å²) in [5.74, 6) is 0. The summed E-state index contributed by atoms with van der Waals surface area (Å²) in [5, 5.41) is 0. The SMILES string of the molecule is C=C/C=C(\CN)S(C)(C)C. The van der Waals surface area contributed by atoms with E-state index in [4.69, 9.17) is 5.73 Å². The van der Waals surface area contributed by atoms with Gasteiger partial charge in [-0.15, -0.1) is 0 Å². The van der Waals surface area contributed by atoms with Crippen molar-refractivity contribution < 1.29 is 0 Å². The highest BCUT2D eigenvalue weighted by atomic mass is 32.3. The van der Waals surface area contributed by atoms with E-state index in [1.165, 1.54) is 4.91 Å². The first-order valence-corrected chi connectivity index (χ1v) is 6.08. The lowest BCUT2D eigenvalue weighted by Gasteiger charge is -2.27. The molecule has 0 radical (unpaired) electrons. The lowest BCUT2D eigenvalue weighted by atomic mass is 10.5. The van der Waals surface area contributed by atoms with E-state index in [2.05, 4.69) is 25.3 Å². The zero-order chi connectivity index (χ0) is 8.20. The molecule has 0 bridgehead atoms. The predicted octanol–water partition coefficient (Wildman–Crippen LogP) is 1.71. The van der Waals surface area contributed by atoms with Crippen molar-refractivity contribution in [2.75, 3.05) is 25.3 Å². The van der Waals surface area contributed by atoms with E-state index in [1.807, 2.05) is 6.08 Å². The van der Waals surface area contributed by atoms with E-state index in [9.17, 15) is 0 Å². The molecule has 0 aromatic rings. The van der Waals surface area contributed by atoms with E-state index in [0.29, 0.717) is 6.54 Å². The van der Waals surface area contributed by atoms with Crippen molar-refractivity contribution >= 4 is 10.0 Å². The van der Waals surface area contributed by atoms with E-state index in [-0.39, 0.29) is 0 Å². The molecule has 0 aliphatic carbocycles. The van der Waals surface area contributed by atoms with Crippen molar-refractivity contribution in [3.05, 3.63) is 23.6 Å². The molecule has 0 saturated carbocycles. The zero-order valence-electron chi connectivity index (χ0n) is 7.05. The molecule has 0 atom stereocenters. The Balaban J connectivity index is 4.35. The number of hydrogen-bond donors (Lipinski definition) is 1. The Labute approximate surface area is 65.3 Å². The first-order chi connectivity index (χ1) is 4.52. The van der Waals surface area contributed by atoms with Gasteiger partial charge in [0.2, 0.25) is 0 Å². The minimum Gasteiger partial charge on any atom is -0.326 e. The van der Waals surface area contributed by atoms with Crippen LogP contribution in [0.4, 0.5) is 0 Å². The van der Waals surface area contributed by atoms with Gasteiger partial charge in [-0.3, -0.25) is 0 Å². The van der Waals surface area contributed by atoms with E-state index >= 15 is 0 Å². The molecule has 0 aliphatic rings. The van der Waals surface area contributed by atoms with Gasteiger partial charge in [0.25, 0.3) is 0 Å². The molecule has 0 aromatic heterocycles. The Morgan fingerprint density at radius 3 is 2.10 bits per heavy atom. The van der Waals surface area contributed by atoms with Crippen LogP contribution in [-0.4, -0.2) is 25.3 Å². The first kappa shape index (κ1) is 9.79. The molecular weight excluding hydrogens is 142 g/mol. The molecule has 2 heteroatoms. The highest BCUT2D eigenvalue weighted by molar-refractivity contribution is 8.35. The molecule has 0 unspecified atom stereocenters. The van der Waals surface area contributed by atoms with Crippen molar-refractivity contribution in [3.63, 3.8) is 0 Å². The molecule has 0 rings (SSSR count). The summed E-state index contributed by atoms with van der Waals surface area (Å²) in [6, 6.07) is 0. The quantitative estimate of drug-likeness (QED) is 0.623. The topological polar surface area (TPSA) is 26.0 Å². The van der Waals surface area contributed by atoms with Crippen molar-refractivity contribution in [2.24, 2.45) is 5.73 Å². The van der Waals surface area contributed by atoms with Crippen LogP contribution in [0.1, 0.15) is 0 Å². The summed E-state index contributed by atoms with van der Waals surface area (Å²) in [6.07, 6.45) is 10.5. The molecule has 60 valence electrons. The molecule has 10 heavy (non-hydrogen) atoms. The third-order valence-corrected chi connectivity index (χ3v) is 3.17. The number of hydrogen-bond acceptors (Lipinski definition) is 1. The monoisotopic (exact) mass is 159 g/mol. The fraction of sp³-hybridized carbons (Fsp3) is 0.500. The summed E-state index contributed by atoms with van der Waals surface area (Å²) < 4.78 is 0. The van der Waals surface area contributed by atoms with Crippen LogP contribution in [0.5, 0.6) is 0 Å². The smallest absolute Gasteiger partial charge is 0.0223 e. The van der Waals surface area contributed by atoms with Crippen LogP contribution in [0.25, 0.3) is 0 Å². The maximum atomic E-state index is 5.55. The summed E-state index contributed by atoms with van der Waals surface area (Å²) in [6.45, 7) is 4.30. The van der Waals surface area contributed by atoms with Gasteiger partial charge in [-0.2, -0.15) is 0 Å². The van der Waals surface area contributed by atoms with Gasteiger partial charge in [0, 0.05) is 6.54 Å².